The third-order valence-electron chi connectivity index (χ3n) is 2.42. The molecule has 0 aromatic heterocycles. The lowest BCUT2D eigenvalue weighted by molar-refractivity contribution is -0.118. The number of carbonyl (C=O) groups excluding carboxylic acids is 1. The predicted molar refractivity (Wildman–Crippen MR) is 69.9 cm³/mol. The second kappa shape index (κ2) is 8.44. The van der Waals surface area contributed by atoms with Gasteiger partial charge in [-0.15, -0.1) is 0 Å². The fourth-order valence-electron chi connectivity index (χ4n) is 1.76. The van der Waals surface area contributed by atoms with Crippen LogP contribution in [0, 0.1) is 0 Å². The van der Waals surface area contributed by atoms with Gasteiger partial charge in [0.15, 0.2) is 0 Å². The van der Waals surface area contributed by atoms with Gasteiger partial charge in [-0.1, -0.05) is 13.8 Å². The summed E-state index contributed by atoms with van der Waals surface area (Å²) in [5.74, 6) is 0. The molecular formula is C12H27N3O2. The van der Waals surface area contributed by atoms with Crippen molar-refractivity contribution >= 4 is 6.41 Å². The molecule has 5 heteroatoms. The van der Waals surface area contributed by atoms with Gasteiger partial charge in [-0.05, 0) is 27.6 Å². The maximum absolute atomic E-state index is 10.4. The predicted octanol–water partition coefficient (Wildman–Crippen LogP) is 0.369. The number of carbonyl (C=O) groups is 1. The van der Waals surface area contributed by atoms with Crippen LogP contribution in [0.15, 0.2) is 0 Å². The molecule has 2 fully saturated rings. The van der Waals surface area contributed by atoms with E-state index >= 15 is 0 Å². The molecule has 1 atom stereocenters. The maximum atomic E-state index is 10.4. The zero-order chi connectivity index (χ0) is 13.3. The van der Waals surface area contributed by atoms with Gasteiger partial charge in [-0.25, -0.2) is 0 Å². The maximum Gasteiger partial charge on any atom is 0.209 e. The third kappa shape index (κ3) is 6.00. The zero-order valence-corrected chi connectivity index (χ0v) is 11.8. The van der Waals surface area contributed by atoms with E-state index in [1.807, 2.05) is 39.9 Å². The number of hydrogen-bond acceptors (Lipinski definition) is 4. The first-order valence-electron chi connectivity index (χ1n) is 6.23. The Morgan fingerprint density at radius 3 is 2.29 bits per heavy atom. The van der Waals surface area contributed by atoms with E-state index in [2.05, 4.69) is 5.32 Å². The second-order valence-corrected chi connectivity index (χ2v) is 4.57. The van der Waals surface area contributed by atoms with Crippen molar-refractivity contribution in [1.82, 2.24) is 15.1 Å². The summed E-state index contributed by atoms with van der Waals surface area (Å²) in [5.41, 5.74) is -0.0547. The molecule has 0 saturated carbocycles. The summed E-state index contributed by atoms with van der Waals surface area (Å²) in [5, 5.41) is 3.13. The van der Waals surface area contributed by atoms with Crippen LogP contribution >= 0.6 is 0 Å². The van der Waals surface area contributed by atoms with Crippen molar-refractivity contribution in [2.45, 2.75) is 25.9 Å². The Hall–Kier alpha value is -0.650. The normalized spacial score (nSPS) is 26.4. The minimum absolute atomic E-state index is 0.0547. The van der Waals surface area contributed by atoms with Crippen molar-refractivity contribution in [3.63, 3.8) is 0 Å². The highest BCUT2D eigenvalue weighted by molar-refractivity contribution is 5.48. The van der Waals surface area contributed by atoms with Crippen LogP contribution in [-0.4, -0.2) is 69.3 Å². The molecule has 0 aromatic carbocycles. The van der Waals surface area contributed by atoms with Crippen LogP contribution in [0.5, 0.6) is 0 Å². The van der Waals surface area contributed by atoms with E-state index in [0.717, 1.165) is 32.5 Å². The third-order valence-corrected chi connectivity index (χ3v) is 2.42. The van der Waals surface area contributed by atoms with E-state index in [1.54, 1.807) is 4.90 Å². The fraction of sp³-hybridized carbons (Fsp3) is 0.917. The molecule has 2 heterocycles. The minimum Gasteiger partial charge on any atom is -0.357 e. The first-order valence-corrected chi connectivity index (χ1v) is 6.23. The highest BCUT2D eigenvalue weighted by atomic mass is 16.5. The minimum atomic E-state index is -0.0547. The molecule has 102 valence electrons. The number of ether oxygens (including phenoxy) is 1. The Kier molecular flexibility index (Phi) is 8.12. The van der Waals surface area contributed by atoms with E-state index in [4.69, 9.17) is 4.74 Å². The molecule has 0 bridgehead atoms. The smallest absolute Gasteiger partial charge is 0.209 e. The topological polar surface area (TPSA) is 44.8 Å². The fourth-order valence-corrected chi connectivity index (χ4v) is 1.76. The van der Waals surface area contributed by atoms with Gasteiger partial charge in [-0.3, -0.25) is 10.1 Å². The van der Waals surface area contributed by atoms with Gasteiger partial charge in [-0.2, -0.15) is 0 Å². The van der Waals surface area contributed by atoms with E-state index in [9.17, 15) is 4.79 Å². The van der Waals surface area contributed by atoms with E-state index in [-0.39, 0.29) is 5.60 Å². The van der Waals surface area contributed by atoms with Gasteiger partial charge in [0.05, 0.1) is 13.3 Å². The highest BCUT2D eigenvalue weighted by Crippen LogP contribution is 2.26. The van der Waals surface area contributed by atoms with Crippen LogP contribution in [0.4, 0.5) is 0 Å². The lowest BCUT2D eigenvalue weighted by Crippen LogP contribution is -2.36. The Labute approximate surface area is 105 Å². The van der Waals surface area contributed by atoms with Crippen LogP contribution in [0.25, 0.3) is 0 Å². The van der Waals surface area contributed by atoms with Crippen molar-refractivity contribution in [3.8, 4) is 0 Å². The number of hydrogen-bond donors (Lipinski definition) is 1. The largest absolute Gasteiger partial charge is 0.357 e. The summed E-state index contributed by atoms with van der Waals surface area (Å²) in [4.78, 5) is 14.2. The number of amides is 1. The Bertz CT molecular complexity index is 201. The summed E-state index contributed by atoms with van der Waals surface area (Å²) in [6, 6.07) is 0. The average molecular weight is 245 g/mol. The molecule has 5 nitrogen and oxygen atoms in total. The SMILES string of the molecule is CC.CN(C)C.O=CN1CCC2(CNCO2)C1. The quantitative estimate of drug-likeness (QED) is 0.678. The number of rotatable bonds is 1. The Morgan fingerprint density at radius 1 is 1.35 bits per heavy atom. The van der Waals surface area contributed by atoms with Gasteiger partial charge in [0.1, 0.15) is 5.60 Å². The van der Waals surface area contributed by atoms with Gasteiger partial charge in [0.25, 0.3) is 0 Å². The monoisotopic (exact) mass is 245 g/mol. The number of nitrogens with zero attached hydrogens (tertiary/aromatic N) is 2. The van der Waals surface area contributed by atoms with E-state index in [1.165, 1.54) is 0 Å². The molecule has 1 N–H and O–H groups in total. The van der Waals surface area contributed by atoms with Crippen LogP contribution in [-0.2, 0) is 9.53 Å². The second-order valence-electron chi connectivity index (χ2n) is 4.57. The number of likely N-dealkylation sites (tertiary alicyclic amines) is 1. The standard InChI is InChI=1S/C7H12N2O2.C3H9N.C2H6/c10-6-9-2-1-7(4-9)3-8-5-11-7;1-4(2)3;1-2/h6,8H,1-5H2;1-3H3;1-2H3. The molecule has 1 amide bonds. The molecule has 2 aliphatic heterocycles. The molecule has 2 saturated heterocycles. The van der Waals surface area contributed by atoms with Crippen LogP contribution in [0.1, 0.15) is 20.3 Å². The molecule has 1 unspecified atom stereocenters. The summed E-state index contributed by atoms with van der Waals surface area (Å²) >= 11 is 0. The van der Waals surface area contributed by atoms with Gasteiger partial charge in [0, 0.05) is 13.1 Å². The Balaban J connectivity index is 0.000000368. The van der Waals surface area contributed by atoms with Crippen molar-refractivity contribution in [2.75, 3.05) is 47.5 Å². The number of nitrogens with one attached hydrogen (secondary N) is 1. The summed E-state index contributed by atoms with van der Waals surface area (Å²) in [6.45, 7) is 7.11. The summed E-state index contributed by atoms with van der Waals surface area (Å²) in [6.07, 6.45) is 1.87. The lowest BCUT2D eigenvalue weighted by atomic mass is 10.0. The van der Waals surface area contributed by atoms with Crippen LogP contribution in [0.2, 0.25) is 0 Å². The molecule has 17 heavy (non-hydrogen) atoms. The molecule has 2 rings (SSSR count). The highest BCUT2D eigenvalue weighted by Gasteiger charge is 2.41. The van der Waals surface area contributed by atoms with Crippen molar-refractivity contribution in [2.24, 2.45) is 0 Å². The molecular weight excluding hydrogens is 218 g/mol. The first kappa shape index (κ1) is 16.4. The van der Waals surface area contributed by atoms with Crippen molar-refractivity contribution in [1.29, 1.82) is 0 Å². The summed E-state index contributed by atoms with van der Waals surface area (Å²) < 4.78 is 5.52. The Morgan fingerprint density at radius 2 is 1.94 bits per heavy atom. The molecule has 2 aliphatic rings. The zero-order valence-electron chi connectivity index (χ0n) is 11.8. The molecule has 1 spiro atoms. The van der Waals surface area contributed by atoms with Gasteiger partial charge < -0.3 is 14.5 Å². The van der Waals surface area contributed by atoms with Gasteiger partial charge >= 0.3 is 0 Å². The summed E-state index contributed by atoms with van der Waals surface area (Å²) in [7, 11) is 6.00. The van der Waals surface area contributed by atoms with E-state index < -0.39 is 0 Å². The lowest BCUT2D eigenvalue weighted by Gasteiger charge is -2.19. The van der Waals surface area contributed by atoms with Crippen LogP contribution < -0.4 is 5.32 Å². The van der Waals surface area contributed by atoms with Crippen molar-refractivity contribution in [3.05, 3.63) is 0 Å². The van der Waals surface area contributed by atoms with Crippen molar-refractivity contribution < 1.29 is 9.53 Å². The van der Waals surface area contributed by atoms with Gasteiger partial charge in [0.2, 0.25) is 6.41 Å². The van der Waals surface area contributed by atoms with E-state index in [0.29, 0.717) is 6.73 Å². The molecule has 0 aromatic rings. The molecule has 0 aliphatic carbocycles. The molecule has 0 radical (unpaired) electrons. The first-order chi connectivity index (χ1) is 8.08. The average Bonchev–Trinajstić information content (AvgIpc) is 2.92. The van der Waals surface area contributed by atoms with Crippen LogP contribution in [0.3, 0.4) is 0 Å².